The highest BCUT2D eigenvalue weighted by atomic mass is 32.2. The van der Waals surface area contributed by atoms with Gasteiger partial charge in [0.25, 0.3) is 5.56 Å². The largest absolute Gasteiger partial charge is 0.398 e. The lowest BCUT2D eigenvalue weighted by molar-refractivity contribution is 0.492. The summed E-state index contributed by atoms with van der Waals surface area (Å²) >= 11 is 0.803. The van der Waals surface area contributed by atoms with Crippen molar-refractivity contribution in [2.45, 2.75) is 29.8 Å². The van der Waals surface area contributed by atoms with Gasteiger partial charge < -0.3 is 10.7 Å². The fourth-order valence-corrected chi connectivity index (χ4v) is 2.54. The number of benzene rings is 1. The van der Waals surface area contributed by atoms with Crippen LogP contribution in [0.3, 0.4) is 0 Å². The zero-order valence-electron chi connectivity index (χ0n) is 10.7. The highest BCUT2D eigenvalue weighted by Crippen LogP contribution is 2.33. The third kappa shape index (κ3) is 3.16. The lowest BCUT2D eigenvalue weighted by Crippen LogP contribution is -2.10. The molecule has 0 aliphatic rings. The van der Waals surface area contributed by atoms with E-state index in [0.717, 1.165) is 24.2 Å². The molecule has 0 spiro atoms. The lowest BCUT2D eigenvalue weighted by atomic mass is 10.2. The van der Waals surface area contributed by atoms with Crippen molar-refractivity contribution in [2.75, 3.05) is 5.73 Å². The molecule has 0 radical (unpaired) electrons. The molecular weight excluding hydrogens is 284 g/mol. The van der Waals surface area contributed by atoms with E-state index < -0.39 is 11.6 Å². The van der Waals surface area contributed by atoms with Crippen molar-refractivity contribution in [2.24, 2.45) is 0 Å². The Labute approximate surface area is 118 Å². The van der Waals surface area contributed by atoms with Crippen LogP contribution in [0.2, 0.25) is 0 Å². The van der Waals surface area contributed by atoms with Gasteiger partial charge in [0.2, 0.25) is 0 Å². The molecule has 2 rings (SSSR count). The van der Waals surface area contributed by atoms with Crippen LogP contribution in [-0.4, -0.2) is 9.97 Å². The predicted octanol–water partition coefficient (Wildman–Crippen LogP) is 2.73. The van der Waals surface area contributed by atoms with Crippen LogP contribution < -0.4 is 11.3 Å². The third-order valence-electron chi connectivity index (χ3n) is 2.56. The molecule has 1 heterocycles. The smallest absolute Gasteiger partial charge is 0.251 e. The first-order valence-electron chi connectivity index (χ1n) is 6.02. The van der Waals surface area contributed by atoms with E-state index in [9.17, 15) is 13.6 Å². The Bertz CT molecular complexity index is 688. The van der Waals surface area contributed by atoms with Gasteiger partial charge in [-0.05, 0) is 30.3 Å². The number of H-pyrrole nitrogens is 1. The number of halogens is 2. The van der Waals surface area contributed by atoms with Gasteiger partial charge in [0, 0.05) is 17.4 Å². The van der Waals surface area contributed by atoms with E-state index in [2.05, 4.69) is 9.97 Å². The average Bonchev–Trinajstić information content (AvgIpc) is 2.39. The Balaban J connectivity index is 2.40. The first kappa shape index (κ1) is 14.5. The van der Waals surface area contributed by atoms with E-state index in [0.29, 0.717) is 12.1 Å². The number of aromatic amines is 1. The number of nitrogen functional groups attached to an aromatic ring is 1. The number of hydrogen-bond acceptors (Lipinski definition) is 4. The van der Waals surface area contributed by atoms with Gasteiger partial charge in [-0.15, -0.1) is 0 Å². The molecule has 0 saturated carbocycles. The van der Waals surface area contributed by atoms with Crippen LogP contribution in [0.1, 0.15) is 19.0 Å². The Hall–Kier alpha value is -1.89. The highest BCUT2D eigenvalue weighted by Gasteiger charge is 2.15. The summed E-state index contributed by atoms with van der Waals surface area (Å²) in [4.78, 5) is 18.1. The van der Waals surface area contributed by atoms with Crippen LogP contribution in [-0.2, 0) is 6.42 Å². The lowest BCUT2D eigenvalue weighted by Gasteiger charge is -2.07. The first-order valence-corrected chi connectivity index (χ1v) is 6.84. The maximum absolute atomic E-state index is 13.7. The second-order valence-electron chi connectivity index (χ2n) is 4.17. The summed E-state index contributed by atoms with van der Waals surface area (Å²) in [5, 5.41) is 0.192. The fraction of sp³-hybridized carbons (Fsp3) is 0.231. The molecule has 2 aromatic rings. The van der Waals surface area contributed by atoms with E-state index in [1.165, 1.54) is 12.1 Å². The SMILES string of the molecule is CCCc1cc(=O)[nH]c(Sc2c(N)ccc(F)c2F)n1. The monoisotopic (exact) mass is 297 g/mol. The van der Waals surface area contributed by atoms with Gasteiger partial charge in [-0.1, -0.05) is 13.3 Å². The molecule has 3 N–H and O–H groups in total. The summed E-state index contributed by atoms with van der Waals surface area (Å²) in [5.41, 5.74) is 5.99. The second kappa shape index (κ2) is 6.04. The topological polar surface area (TPSA) is 71.8 Å². The molecule has 4 nitrogen and oxygen atoms in total. The molecule has 1 aromatic carbocycles. The number of nitrogens with zero attached hydrogens (tertiary/aromatic N) is 1. The fourth-order valence-electron chi connectivity index (χ4n) is 1.66. The third-order valence-corrected chi connectivity index (χ3v) is 3.56. The van der Waals surface area contributed by atoms with E-state index >= 15 is 0 Å². The molecule has 0 bridgehead atoms. The number of nitrogens with one attached hydrogen (secondary N) is 1. The molecule has 0 unspecified atom stereocenters. The van der Waals surface area contributed by atoms with Crippen molar-refractivity contribution in [3.05, 3.63) is 45.9 Å². The summed E-state index contributed by atoms with van der Waals surface area (Å²) in [6.45, 7) is 1.96. The molecule has 7 heteroatoms. The number of aromatic nitrogens is 2. The minimum Gasteiger partial charge on any atom is -0.398 e. The van der Waals surface area contributed by atoms with Crippen LogP contribution >= 0.6 is 11.8 Å². The van der Waals surface area contributed by atoms with Gasteiger partial charge in [0.15, 0.2) is 16.8 Å². The van der Waals surface area contributed by atoms with E-state index in [-0.39, 0.29) is 21.3 Å². The average molecular weight is 297 g/mol. The molecule has 106 valence electrons. The number of nitrogens with two attached hydrogens (primary N) is 1. The maximum atomic E-state index is 13.7. The van der Waals surface area contributed by atoms with Crippen molar-refractivity contribution in [1.82, 2.24) is 9.97 Å². The second-order valence-corrected chi connectivity index (χ2v) is 5.17. The number of hydrogen-bond donors (Lipinski definition) is 2. The summed E-state index contributed by atoms with van der Waals surface area (Å²) in [5.74, 6) is -2.03. The minimum atomic E-state index is -1.04. The van der Waals surface area contributed by atoms with Gasteiger partial charge in [0.05, 0.1) is 4.90 Å². The highest BCUT2D eigenvalue weighted by molar-refractivity contribution is 7.99. The predicted molar refractivity (Wildman–Crippen MR) is 73.7 cm³/mol. The van der Waals surface area contributed by atoms with Crippen molar-refractivity contribution >= 4 is 17.4 Å². The summed E-state index contributed by atoms with van der Waals surface area (Å²) < 4.78 is 26.9. The molecule has 20 heavy (non-hydrogen) atoms. The van der Waals surface area contributed by atoms with Crippen LogP contribution in [0.5, 0.6) is 0 Å². The zero-order valence-corrected chi connectivity index (χ0v) is 11.6. The minimum absolute atomic E-state index is 0.0817. The van der Waals surface area contributed by atoms with E-state index in [4.69, 9.17) is 5.73 Å². The van der Waals surface area contributed by atoms with Crippen molar-refractivity contribution in [3.63, 3.8) is 0 Å². The normalized spacial score (nSPS) is 10.8. The zero-order chi connectivity index (χ0) is 14.7. The van der Waals surface area contributed by atoms with Crippen LogP contribution in [0, 0.1) is 11.6 Å². The molecule has 0 aliphatic carbocycles. The molecule has 0 aliphatic heterocycles. The molecule has 0 atom stereocenters. The Kier molecular flexibility index (Phi) is 4.39. The molecule has 1 aromatic heterocycles. The first-order chi connectivity index (χ1) is 9.51. The van der Waals surface area contributed by atoms with E-state index in [1.54, 1.807) is 0 Å². The quantitative estimate of drug-likeness (QED) is 0.672. The van der Waals surface area contributed by atoms with Crippen molar-refractivity contribution in [1.29, 1.82) is 0 Å². The van der Waals surface area contributed by atoms with Gasteiger partial charge in [-0.2, -0.15) is 0 Å². The molecular formula is C13H13F2N3OS. The molecule has 0 fully saturated rings. The summed E-state index contributed by atoms with van der Waals surface area (Å²) in [6.07, 6.45) is 1.47. The number of anilines is 1. The standard InChI is InChI=1S/C13H13F2N3OS/c1-2-3-7-6-10(19)18-13(17-7)20-12-9(16)5-4-8(14)11(12)15/h4-6H,2-3,16H2,1H3,(H,17,18,19). The van der Waals surface area contributed by atoms with Gasteiger partial charge in [-0.3, -0.25) is 4.79 Å². The Morgan fingerprint density at radius 2 is 2.15 bits per heavy atom. The summed E-state index contributed by atoms with van der Waals surface area (Å²) in [7, 11) is 0. The maximum Gasteiger partial charge on any atom is 0.251 e. The van der Waals surface area contributed by atoms with E-state index in [1.807, 2.05) is 6.92 Å². The Morgan fingerprint density at radius 1 is 1.40 bits per heavy atom. The van der Waals surface area contributed by atoms with Gasteiger partial charge in [0.1, 0.15) is 0 Å². The summed E-state index contributed by atoms with van der Waals surface area (Å²) in [6, 6.07) is 3.62. The van der Waals surface area contributed by atoms with Crippen molar-refractivity contribution in [3.8, 4) is 0 Å². The van der Waals surface area contributed by atoms with Crippen LogP contribution in [0.25, 0.3) is 0 Å². The molecule has 0 amide bonds. The van der Waals surface area contributed by atoms with Crippen molar-refractivity contribution < 1.29 is 8.78 Å². The Morgan fingerprint density at radius 3 is 2.85 bits per heavy atom. The van der Waals surface area contributed by atoms with Crippen LogP contribution in [0.4, 0.5) is 14.5 Å². The number of aryl methyl sites for hydroxylation is 1. The molecule has 0 saturated heterocycles. The van der Waals surface area contributed by atoms with Gasteiger partial charge >= 0.3 is 0 Å². The van der Waals surface area contributed by atoms with Crippen LogP contribution in [0.15, 0.2) is 33.0 Å². The number of rotatable bonds is 4. The van der Waals surface area contributed by atoms with Gasteiger partial charge in [-0.25, -0.2) is 13.8 Å².